The first-order valence-electron chi connectivity index (χ1n) is 15.9. The number of unbranched alkanes of at least 4 members (excludes halogenated alkanes) is 4. The van der Waals surface area contributed by atoms with Gasteiger partial charge in [-0.1, -0.05) is 71.4 Å². The Hall–Kier alpha value is -2.07. The van der Waals surface area contributed by atoms with Gasteiger partial charge in [0.2, 0.25) is 0 Å². The van der Waals surface area contributed by atoms with E-state index in [9.17, 15) is 24.6 Å². The smallest absolute Gasteiger partial charge is 0.450 e. The predicted octanol–water partition coefficient (Wildman–Crippen LogP) is 5.37. The number of hydrogen-bond donors (Lipinski definition) is 3. The lowest BCUT2D eigenvalue weighted by atomic mass is 9.46. The van der Waals surface area contributed by atoms with Crippen molar-refractivity contribution in [3.05, 3.63) is 23.8 Å². The van der Waals surface area contributed by atoms with E-state index in [2.05, 4.69) is 32.4 Å². The fourth-order valence-corrected chi connectivity index (χ4v) is 8.99. The first kappa shape index (κ1) is 32.8. The van der Waals surface area contributed by atoms with Crippen LogP contribution in [0.3, 0.4) is 0 Å². The van der Waals surface area contributed by atoms with E-state index in [1.165, 1.54) is 19.3 Å². The standard InChI is InChI=1S/C25H34O6.C8H16O3/c1-4-5-21-30-20-11-17-16-7-6-14-10-15(27)8-9-23(14,2)22(16)18(28)12-24(17,3)25(20,31-21)19(29)13-26;1-2-3-4-5-6-7-11-8(9)10/h8-10,16-18,20-22,26,28H,4-7,11-13H2,1-3H3;2-7H2,1H3,(H,9,10)/t16-,17-,18-,20+,21?,22+,23-,24-,25+;/m0./s1. The van der Waals surface area contributed by atoms with E-state index in [1.54, 1.807) is 12.2 Å². The number of aliphatic hydroxyl groups is 2. The zero-order chi connectivity index (χ0) is 30.7. The summed E-state index contributed by atoms with van der Waals surface area (Å²) in [6, 6.07) is 0. The number of fused-ring (bicyclic) bond motifs is 7. The molecular formula is C33H50O9. The molecule has 5 aliphatic rings. The van der Waals surface area contributed by atoms with E-state index in [1.807, 2.05) is 6.08 Å². The van der Waals surface area contributed by atoms with Crippen molar-refractivity contribution in [3.8, 4) is 0 Å². The average molecular weight is 591 g/mol. The second-order valence-corrected chi connectivity index (χ2v) is 13.3. The molecule has 0 amide bonds. The lowest BCUT2D eigenvalue weighted by Gasteiger charge is -2.59. The van der Waals surface area contributed by atoms with Crippen molar-refractivity contribution in [2.75, 3.05) is 13.2 Å². The van der Waals surface area contributed by atoms with Crippen molar-refractivity contribution in [2.24, 2.45) is 28.6 Å². The Balaban J connectivity index is 0.000000315. The summed E-state index contributed by atoms with van der Waals surface area (Å²) in [6.45, 7) is 8.17. The number of ketones is 2. The molecular weight excluding hydrogens is 540 g/mol. The third-order valence-electron chi connectivity index (χ3n) is 10.8. The molecule has 4 aliphatic carbocycles. The fraction of sp³-hybridized carbons (Fsp3) is 0.788. The molecule has 0 bridgehead atoms. The van der Waals surface area contributed by atoms with Crippen LogP contribution < -0.4 is 0 Å². The van der Waals surface area contributed by atoms with Crippen molar-refractivity contribution >= 4 is 17.7 Å². The largest absolute Gasteiger partial charge is 0.505 e. The molecule has 1 aliphatic heterocycles. The highest BCUT2D eigenvalue weighted by atomic mass is 16.7. The van der Waals surface area contributed by atoms with Gasteiger partial charge in [-0.05, 0) is 62.5 Å². The van der Waals surface area contributed by atoms with E-state index in [0.717, 1.165) is 37.7 Å². The topological polar surface area (TPSA) is 140 Å². The average Bonchev–Trinajstić information content (AvgIpc) is 3.42. The monoisotopic (exact) mass is 590 g/mol. The van der Waals surface area contributed by atoms with Crippen LogP contribution in [0.4, 0.5) is 4.79 Å². The first-order chi connectivity index (χ1) is 20.0. The molecule has 9 atom stereocenters. The summed E-state index contributed by atoms with van der Waals surface area (Å²) in [5, 5.41) is 29.5. The van der Waals surface area contributed by atoms with Gasteiger partial charge in [0, 0.05) is 16.7 Å². The Morgan fingerprint density at radius 2 is 1.86 bits per heavy atom. The molecule has 1 unspecified atom stereocenters. The molecule has 42 heavy (non-hydrogen) atoms. The van der Waals surface area contributed by atoms with Crippen LogP contribution in [0, 0.1) is 28.6 Å². The molecule has 9 heteroatoms. The molecule has 1 heterocycles. The maximum absolute atomic E-state index is 13.2. The SMILES string of the molecule is CCCC1O[C@@H]2C[C@H]3[C@@H]4CCC5=CC(=O)C=C[C@]5(C)[C@H]4[C@@H](O)C[C@]3(C)[C@]2(C(=O)CO)O1.CCCCCCCOC(=O)O. The maximum Gasteiger partial charge on any atom is 0.505 e. The number of ether oxygens (including phenoxy) is 3. The van der Waals surface area contributed by atoms with Gasteiger partial charge in [-0.15, -0.1) is 0 Å². The third kappa shape index (κ3) is 5.74. The normalized spacial score (nSPS) is 39.7. The van der Waals surface area contributed by atoms with E-state index in [0.29, 0.717) is 25.9 Å². The molecule has 0 aromatic heterocycles. The number of hydrogen-bond acceptors (Lipinski definition) is 8. The van der Waals surface area contributed by atoms with Crippen LogP contribution in [0.1, 0.15) is 98.3 Å². The van der Waals surface area contributed by atoms with Crippen LogP contribution in [0.2, 0.25) is 0 Å². The van der Waals surface area contributed by atoms with Crippen LogP contribution in [-0.2, 0) is 23.8 Å². The van der Waals surface area contributed by atoms with Crippen molar-refractivity contribution in [1.82, 2.24) is 0 Å². The second kappa shape index (κ2) is 13.3. The number of Topliss-reactive ketones (excluding diaryl/α,β-unsaturated/α-hetero) is 1. The summed E-state index contributed by atoms with van der Waals surface area (Å²) >= 11 is 0. The van der Waals surface area contributed by atoms with E-state index in [4.69, 9.17) is 14.6 Å². The first-order valence-corrected chi connectivity index (χ1v) is 15.9. The van der Waals surface area contributed by atoms with Gasteiger partial charge in [0.25, 0.3) is 0 Å². The molecule has 0 aromatic carbocycles. The minimum atomic E-state index is -1.20. The van der Waals surface area contributed by atoms with Crippen LogP contribution in [0.25, 0.3) is 0 Å². The fourth-order valence-electron chi connectivity index (χ4n) is 8.99. The summed E-state index contributed by atoms with van der Waals surface area (Å²) in [6.07, 6.45) is 12.7. The quantitative estimate of drug-likeness (QED) is 0.226. The summed E-state index contributed by atoms with van der Waals surface area (Å²) in [5.74, 6) is 0.0274. The Kier molecular flexibility index (Phi) is 10.4. The van der Waals surface area contributed by atoms with Gasteiger partial charge in [0.15, 0.2) is 23.5 Å². The zero-order valence-corrected chi connectivity index (χ0v) is 25.7. The number of carbonyl (C=O) groups excluding carboxylic acids is 2. The molecule has 1 saturated heterocycles. The van der Waals surface area contributed by atoms with Gasteiger partial charge in [-0.25, -0.2) is 4.79 Å². The highest BCUT2D eigenvalue weighted by Gasteiger charge is 2.75. The van der Waals surface area contributed by atoms with Gasteiger partial charge < -0.3 is 29.5 Å². The highest BCUT2D eigenvalue weighted by molar-refractivity contribution is 6.01. The minimum Gasteiger partial charge on any atom is -0.450 e. The summed E-state index contributed by atoms with van der Waals surface area (Å²) in [4.78, 5) is 35.1. The number of allylic oxidation sites excluding steroid dienone is 4. The summed E-state index contributed by atoms with van der Waals surface area (Å²) in [5.41, 5.74) is -1.05. The van der Waals surface area contributed by atoms with Gasteiger partial charge in [-0.2, -0.15) is 0 Å². The van der Waals surface area contributed by atoms with E-state index >= 15 is 0 Å². The van der Waals surface area contributed by atoms with Crippen LogP contribution in [0.15, 0.2) is 23.8 Å². The van der Waals surface area contributed by atoms with Gasteiger partial charge in [0.1, 0.15) is 6.61 Å². The van der Waals surface area contributed by atoms with Crippen molar-refractivity contribution in [2.45, 2.75) is 122 Å². The van der Waals surface area contributed by atoms with Crippen molar-refractivity contribution < 1.29 is 43.9 Å². The summed E-state index contributed by atoms with van der Waals surface area (Å²) < 4.78 is 17.0. The minimum absolute atomic E-state index is 0.0125. The number of rotatable bonds is 10. The van der Waals surface area contributed by atoms with Gasteiger partial charge in [0.05, 0.1) is 18.8 Å². The number of aliphatic hydroxyl groups excluding tert-OH is 2. The summed E-state index contributed by atoms with van der Waals surface area (Å²) in [7, 11) is 0. The number of carboxylic acid groups (broad SMARTS) is 1. The Labute approximate surface area is 249 Å². The molecule has 5 rings (SSSR count). The lowest BCUT2D eigenvalue weighted by Crippen LogP contribution is -2.63. The number of carbonyl (C=O) groups is 3. The maximum atomic E-state index is 13.2. The van der Waals surface area contributed by atoms with E-state index in [-0.39, 0.29) is 34.7 Å². The Morgan fingerprint density at radius 1 is 1.12 bits per heavy atom. The van der Waals surface area contributed by atoms with Gasteiger partial charge in [-0.3, -0.25) is 9.59 Å². The lowest BCUT2D eigenvalue weighted by molar-refractivity contribution is -0.200. The molecule has 4 fully saturated rings. The third-order valence-corrected chi connectivity index (χ3v) is 10.8. The molecule has 3 N–H and O–H groups in total. The van der Waals surface area contributed by atoms with Crippen LogP contribution in [0.5, 0.6) is 0 Å². The molecule has 0 spiro atoms. The highest BCUT2D eigenvalue weighted by Crippen LogP contribution is 2.69. The van der Waals surface area contributed by atoms with Gasteiger partial charge >= 0.3 is 6.16 Å². The second-order valence-electron chi connectivity index (χ2n) is 13.3. The zero-order valence-electron chi connectivity index (χ0n) is 25.7. The Bertz CT molecular complexity index is 1070. The molecule has 9 nitrogen and oxygen atoms in total. The van der Waals surface area contributed by atoms with Crippen LogP contribution in [-0.4, -0.2) is 70.4 Å². The van der Waals surface area contributed by atoms with E-state index < -0.39 is 42.3 Å². The van der Waals surface area contributed by atoms with Crippen molar-refractivity contribution in [1.29, 1.82) is 0 Å². The van der Waals surface area contributed by atoms with Crippen molar-refractivity contribution in [3.63, 3.8) is 0 Å². The molecule has 0 aromatic rings. The molecule has 3 saturated carbocycles. The molecule has 0 radical (unpaired) electrons. The van der Waals surface area contributed by atoms with Crippen LogP contribution >= 0.6 is 0 Å². The Morgan fingerprint density at radius 3 is 2.52 bits per heavy atom. The molecule has 236 valence electrons. The predicted molar refractivity (Wildman–Crippen MR) is 156 cm³/mol.